The SMILES string of the molecule is CCOP(=O)(OCC)N(CCCCCCCNC(=O)CBr)CCNS(=O)(=O)c1ccccc1[N+](=O)[O-]. The Kier molecular flexibility index (Phi) is 15.6. The predicted molar refractivity (Wildman–Crippen MR) is 141 cm³/mol. The fraction of sp³-hybridized carbons (Fsp3) is 0.667. The quantitative estimate of drug-likeness (QED) is 0.0732. The third-order valence-corrected chi connectivity index (χ3v) is 9.26. The molecule has 1 aromatic carbocycles. The van der Waals surface area contributed by atoms with Crippen molar-refractivity contribution in [3.05, 3.63) is 34.4 Å². The number of hydrogen-bond acceptors (Lipinski definition) is 8. The smallest absolute Gasteiger partial charge is 0.355 e. The molecule has 0 aliphatic heterocycles. The van der Waals surface area contributed by atoms with Crippen LogP contribution in [0.3, 0.4) is 0 Å². The summed E-state index contributed by atoms with van der Waals surface area (Å²) >= 11 is 3.09. The Hall–Kier alpha value is -1.41. The predicted octanol–water partition coefficient (Wildman–Crippen LogP) is 3.82. The molecular formula is C21H36BrN4O8PS. The van der Waals surface area contributed by atoms with Gasteiger partial charge in [-0.15, -0.1) is 0 Å². The Morgan fingerprint density at radius 1 is 1.06 bits per heavy atom. The van der Waals surface area contributed by atoms with E-state index in [0.29, 0.717) is 19.5 Å². The lowest BCUT2D eigenvalue weighted by atomic mass is 10.1. The highest BCUT2D eigenvalue weighted by molar-refractivity contribution is 9.09. The maximum Gasteiger partial charge on any atom is 0.408 e. The van der Waals surface area contributed by atoms with E-state index in [1.807, 2.05) is 0 Å². The second kappa shape index (κ2) is 17.2. The van der Waals surface area contributed by atoms with E-state index in [1.165, 1.54) is 16.8 Å². The van der Waals surface area contributed by atoms with Gasteiger partial charge in [0, 0.05) is 32.2 Å². The fourth-order valence-electron chi connectivity index (χ4n) is 3.33. The number of para-hydroxylation sites is 1. The molecule has 0 heterocycles. The molecule has 0 aliphatic carbocycles. The van der Waals surface area contributed by atoms with Gasteiger partial charge >= 0.3 is 7.75 Å². The number of halogens is 1. The third-order valence-electron chi connectivity index (χ3n) is 4.98. The Labute approximate surface area is 221 Å². The first-order valence-electron chi connectivity index (χ1n) is 11.8. The molecule has 1 rings (SSSR count). The Morgan fingerprint density at radius 3 is 2.28 bits per heavy atom. The number of amides is 1. The highest BCUT2D eigenvalue weighted by Crippen LogP contribution is 2.51. The summed E-state index contributed by atoms with van der Waals surface area (Å²) in [4.78, 5) is 21.2. The third kappa shape index (κ3) is 11.3. The number of unbranched alkanes of at least 4 members (excludes halogenated alkanes) is 4. The number of hydrogen-bond donors (Lipinski definition) is 2. The van der Waals surface area contributed by atoms with Gasteiger partial charge in [0.15, 0.2) is 4.90 Å². The molecule has 0 aromatic heterocycles. The molecule has 1 amide bonds. The van der Waals surface area contributed by atoms with E-state index < -0.39 is 33.3 Å². The van der Waals surface area contributed by atoms with Crippen LogP contribution in [0.25, 0.3) is 0 Å². The van der Waals surface area contributed by atoms with E-state index in [1.54, 1.807) is 13.8 Å². The van der Waals surface area contributed by atoms with Gasteiger partial charge in [-0.2, -0.15) is 0 Å². The minimum atomic E-state index is -4.17. The van der Waals surface area contributed by atoms with Gasteiger partial charge in [-0.25, -0.2) is 22.4 Å². The number of alkyl halides is 1. The van der Waals surface area contributed by atoms with Crippen molar-refractivity contribution >= 4 is 45.3 Å². The van der Waals surface area contributed by atoms with Gasteiger partial charge in [0.1, 0.15) is 0 Å². The molecule has 0 aliphatic rings. The number of benzene rings is 1. The number of carbonyl (C=O) groups excluding carboxylic acids is 1. The van der Waals surface area contributed by atoms with Crippen LogP contribution in [0.5, 0.6) is 0 Å². The lowest BCUT2D eigenvalue weighted by Crippen LogP contribution is -2.35. The zero-order chi connectivity index (χ0) is 27.0. The average Bonchev–Trinajstić information content (AvgIpc) is 2.84. The average molecular weight is 615 g/mol. The zero-order valence-electron chi connectivity index (χ0n) is 20.7. The number of carbonyl (C=O) groups is 1. The van der Waals surface area contributed by atoms with Crippen LogP contribution in [0.1, 0.15) is 46.0 Å². The van der Waals surface area contributed by atoms with Crippen molar-refractivity contribution in [3.8, 4) is 0 Å². The molecule has 15 heteroatoms. The second-order valence-electron chi connectivity index (χ2n) is 7.63. The molecular weight excluding hydrogens is 579 g/mol. The molecule has 0 saturated carbocycles. The molecule has 0 bridgehead atoms. The maximum absolute atomic E-state index is 13.4. The second-order valence-corrected chi connectivity index (χ2v) is 11.9. The molecule has 0 spiro atoms. The van der Waals surface area contributed by atoms with Crippen molar-refractivity contribution in [1.82, 2.24) is 14.7 Å². The molecule has 206 valence electrons. The number of nitrogens with zero attached hydrogens (tertiary/aromatic N) is 2. The molecule has 2 N–H and O–H groups in total. The number of rotatable bonds is 20. The van der Waals surface area contributed by atoms with E-state index in [2.05, 4.69) is 26.0 Å². The van der Waals surface area contributed by atoms with Gasteiger partial charge in [-0.3, -0.25) is 24.0 Å². The molecule has 0 radical (unpaired) electrons. The van der Waals surface area contributed by atoms with Crippen molar-refractivity contribution in [2.75, 3.05) is 44.7 Å². The molecule has 0 saturated heterocycles. The molecule has 0 atom stereocenters. The van der Waals surface area contributed by atoms with Gasteiger partial charge in [0.2, 0.25) is 15.9 Å². The molecule has 12 nitrogen and oxygen atoms in total. The normalized spacial score (nSPS) is 12.1. The van der Waals surface area contributed by atoms with Crippen LogP contribution in [0.4, 0.5) is 5.69 Å². The van der Waals surface area contributed by atoms with Crippen molar-refractivity contribution in [1.29, 1.82) is 0 Å². The van der Waals surface area contributed by atoms with Crippen LogP contribution in [-0.4, -0.2) is 68.6 Å². The minimum Gasteiger partial charge on any atom is -0.355 e. The summed E-state index contributed by atoms with van der Waals surface area (Å²) in [6, 6.07) is 5.07. The number of sulfonamides is 1. The summed E-state index contributed by atoms with van der Waals surface area (Å²) in [6.45, 7) is 4.52. The zero-order valence-corrected chi connectivity index (χ0v) is 24.0. The van der Waals surface area contributed by atoms with Crippen LogP contribution < -0.4 is 10.0 Å². The Bertz CT molecular complexity index is 972. The Morgan fingerprint density at radius 2 is 1.67 bits per heavy atom. The monoisotopic (exact) mass is 614 g/mol. The first-order chi connectivity index (χ1) is 17.1. The van der Waals surface area contributed by atoms with Gasteiger partial charge in [0.05, 0.1) is 23.5 Å². The number of nitro benzene ring substituents is 1. The summed E-state index contributed by atoms with van der Waals surface area (Å²) < 4.78 is 53.5. The lowest BCUT2D eigenvalue weighted by molar-refractivity contribution is -0.387. The van der Waals surface area contributed by atoms with Crippen molar-refractivity contribution in [3.63, 3.8) is 0 Å². The standard InChI is InChI=1S/C21H36BrN4O8PS/c1-3-33-35(30,34-4-2)25(16-11-7-5-6-10-14-23-21(27)18-22)17-15-24-36(31,32)20-13-9-8-12-19(20)26(28)29/h8-9,12-13,24H,3-7,10-11,14-18H2,1-2H3,(H,23,27). The van der Waals surface area contributed by atoms with Gasteiger partial charge < -0.3 is 5.32 Å². The summed E-state index contributed by atoms with van der Waals surface area (Å²) in [6.07, 6.45) is 4.20. The topological polar surface area (TPSA) is 157 Å². The summed E-state index contributed by atoms with van der Waals surface area (Å²) in [7, 11) is -7.82. The largest absolute Gasteiger partial charge is 0.408 e. The van der Waals surface area contributed by atoms with Crippen LogP contribution >= 0.6 is 23.7 Å². The molecule has 0 fully saturated rings. The first-order valence-corrected chi connectivity index (χ1v) is 15.9. The summed E-state index contributed by atoms with van der Waals surface area (Å²) in [5.74, 6) is -0.0502. The van der Waals surface area contributed by atoms with E-state index in [9.17, 15) is 27.9 Å². The van der Waals surface area contributed by atoms with E-state index in [4.69, 9.17) is 9.05 Å². The summed E-state index contributed by atoms with van der Waals surface area (Å²) in [5, 5.41) is 14.3. The molecule has 0 unspecified atom stereocenters. The van der Waals surface area contributed by atoms with Crippen LogP contribution in [0.15, 0.2) is 29.2 Å². The summed E-state index contributed by atoms with van der Waals surface area (Å²) in [5.41, 5.74) is -0.525. The van der Waals surface area contributed by atoms with Crippen LogP contribution in [0, 0.1) is 10.1 Å². The number of nitro groups is 1. The van der Waals surface area contributed by atoms with Gasteiger partial charge in [0.25, 0.3) is 5.69 Å². The van der Waals surface area contributed by atoms with Crippen molar-refractivity contribution in [2.24, 2.45) is 0 Å². The minimum absolute atomic E-state index is 0.0235. The van der Waals surface area contributed by atoms with Crippen LogP contribution in [0.2, 0.25) is 0 Å². The highest BCUT2D eigenvalue weighted by Gasteiger charge is 2.33. The van der Waals surface area contributed by atoms with E-state index >= 15 is 0 Å². The van der Waals surface area contributed by atoms with E-state index in [-0.39, 0.29) is 37.5 Å². The lowest BCUT2D eigenvalue weighted by Gasteiger charge is -2.29. The van der Waals surface area contributed by atoms with Crippen molar-refractivity contribution < 1.29 is 31.7 Å². The number of nitrogens with one attached hydrogen (secondary N) is 2. The first kappa shape index (κ1) is 32.6. The van der Waals surface area contributed by atoms with Gasteiger partial charge in [-0.1, -0.05) is 47.3 Å². The Balaban J connectivity index is 2.73. The fourth-order valence-corrected chi connectivity index (χ4v) is 6.50. The highest BCUT2D eigenvalue weighted by atomic mass is 79.9. The van der Waals surface area contributed by atoms with Gasteiger partial charge in [-0.05, 0) is 32.8 Å². The van der Waals surface area contributed by atoms with E-state index in [0.717, 1.165) is 37.8 Å². The maximum atomic E-state index is 13.4. The molecule has 36 heavy (non-hydrogen) atoms. The van der Waals surface area contributed by atoms with Crippen molar-refractivity contribution in [2.45, 2.75) is 50.8 Å². The molecule has 1 aromatic rings. The van der Waals surface area contributed by atoms with Crippen LogP contribution in [-0.2, 0) is 28.4 Å².